The van der Waals surface area contributed by atoms with Gasteiger partial charge >= 0.3 is 0 Å². The zero-order valence-electron chi connectivity index (χ0n) is 9.83. The van der Waals surface area contributed by atoms with Crippen LogP contribution in [0.5, 0.6) is 0 Å². The molecule has 1 saturated heterocycles. The standard InChI is InChI=1S/C13H18ClNO/c1-13(2)6-7-15(9-13)12-5-3-4-11(14)10(12)8-16/h3-5,16H,6-9H2,1-2H3. The third-order valence-corrected chi connectivity index (χ3v) is 3.62. The Morgan fingerprint density at radius 2 is 2.19 bits per heavy atom. The van der Waals surface area contributed by atoms with E-state index in [1.54, 1.807) is 0 Å². The highest BCUT2D eigenvalue weighted by molar-refractivity contribution is 6.31. The van der Waals surface area contributed by atoms with Crippen LogP contribution in [-0.4, -0.2) is 18.2 Å². The first-order chi connectivity index (χ1) is 7.53. The number of benzene rings is 1. The van der Waals surface area contributed by atoms with E-state index in [1.165, 1.54) is 6.42 Å². The summed E-state index contributed by atoms with van der Waals surface area (Å²) in [5, 5.41) is 10.0. The number of nitrogens with zero attached hydrogens (tertiary/aromatic N) is 1. The fourth-order valence-electron chi connectivity index (χ4n) is 2.32. The molecule has 2 rings (SSSR count). The minimum atomic E-state index is 0.00589. The van der Waals surface area contributed by atoms with E-state index in [4.69, 9.17) is 11.6 Å². The second kappa shape index (κ2) is 4.27. The van der Waals surface area contributed by atoms with E-state index in [9.17, 15) is 5.11 Å². The lowest BCUT2D eigenvalue weighted by atomic mass is 9.93. The number of hydrogen-bond acceptors (Lipinski definition) is 2. The van der Waals surface area contributed by atoms with Crippen molar-refractivity contribution in [3.8, 4) is 0 Å². The van der Waals surface area contributed by atoms with Gasteiger partial charge in [0.2, 0.25) is 0 Å². The first-order valence-corrected chi connectivity index (χ1v) is 6.04. The van der Waals surface area contributed by atoms with Crippen molar-refractivity contribution in [3.05, 3.63) is 28.8 Å². The first kappa shape index (κ1) is 11.7. The summed E-state index contributed by atoms with van der Waals surface area (Å²) < 4.78 is 0. The number of rotatable bonds is 2. The van der Waals surface area contributed by atoms with Gasteiger partial charge in [-0.3, -0.25) is 0 Å². The molecule has 88 valence electrons. The lowest BCUT2D eigenvalue weighted by Gasteiger charge is -2.24. The summed E-state index contributed by atoms with van der Waals surface area (Å²) in [5.74, 6) is 0. The monoisotopic (exact) mass is 239 g/mol. The molecule has 0 bridgehead atoms. The van der Waals surface area contributed by atoms with E-state index < -0.39 is 0 Å². The zero-order valence-corrected chi connectivity index (χ0v) is 10.6. The second-order valence-corrected chi connectivity index (χ2v) is 5.64. The number of halogens is 1. The molecule has 1 N–H and O–H groups in total. The van der Waals surface area contributed by atoms with Crippen molar-refractivity contribution in [2.45, 2.75) is 26.9 Å². The van der Waals surface area contributed by atoms with Gasteiger partial charge in [-0.15, -0.1) is 0 Å². The van der Waals surface area contributed by atoms with Gasteiger partial charge in [0.15, 0.2) is 0 Å². The van der Waals surface area contributed by atoms with Gasteiger partial charge in [-0.25, -0.2) is 0 Å². The zero-order chi connectivity index (χ0) is 11.8. The summed E-state index contributed by atoms with van der Waals surface area (Å²) in [5.41, 5.74) is 2.29. The van der Waals surface area contributed by atoms with Crippen LogP contribution in [0, 0.1) is 5.41 Å². The van der Waals surface area contributed by atoms with Gasteiger partial charge in [-0.2, -0.15) is 0 Å². The molecule has 1 aliphatic heterocycles. The lowest BCUT2D eigenvalue weighted by molar-refractivity contribution is 0.282. The maximum Gasteiger partial charge on any atom is 0.0716 e. The second-order valence-electron chi connectivity index (χ2n) is 5.23. The van der Waals surface area contributed by atoms with Gasteiger partial charge in [0.1, 0.15) is 0 Å². The molecule has 0 radical (unpaired) electrons. The van der Waals surface area contributed by atoms with Crippen LogP contribution in [0.4, 0.5) is 5.69 Å². The Bertz CT molecular complexity index is 390. The third-order valence-electron chi connectivity index (χ3n) is 3.27. The molecule has 1 fully saturated rings. The van der Waals surface area contributed by atoms with Crippen molar-refractivity contribution in [3.63, 3.8) is 0 Å². The summed E-state index contributed by atoms with van der Waals surface area (Å²) in [6, 6.07) is 5.82. The van der Waals surface area contributed by atoms with E-state index in [0.29, 0.717) is 10.4 Å². The predicted molar refractivity (Wildman–Crippen MR) is 68.0 cm³/mol. The molecule has 0 spiro atoms. The van der Waals surface area contributed by atoms with Gasteiger partial charge in [-0.1, -0.05) is 31.5 Å². The highest BCUT2D eigenvalue weighted by Crippen LogP contribution is 2.35. The largest absolute Gasteiger partial charge is 0.392 e. The first-order valence-electron chi connectivity index (χ1n) is 5.67. The summed E-state index contributed by atoms with van der Waals surface area (Å²) in [7, 11) is 0. The molecule has 0 saturated carbocycles. The predicted octanol–water partition coefficient (Wildman–Crippen LogP) is 3.07. The molecule has 16 heavy (non-hydrogen) atoms. The molecule has 3 heteroatoms. The molecule has 1 aromatic carbocycles. The van der Waals surface area contributed by atoms with Crippen LogP contribution >= 0.6 is 11.6 Å². The smallest absolute Gasteiger partial charge is 0.0716 e. The molecule has 0 amide bonds. The fraction of sp³-hybridized carbons (Fsp3) is 0.538. The van der Waals surface area contributed by atoms with Crippen LogP contribution in [0.15, 0.2) is 18.2 Å². The number of anilines is 1. The highest BCUT2D eigenvalue weighted by atomic mass is 35.5. The molecule has 1 aromatic rings. The Hall–Kier alpha value is -0.730. The van der Waals surface area contributed by atoms with Crippen molar-refractivity contribution in [1.29, 1.82) is 0 Å². The molecule has 0 aliphatic carbocycles. The van der Waals surface area contributed by atoms with Crippen LogP contribution in [0.2, 0.25) is 5.02 Å². The molecule has 0 aromatic heterocycles. The van der Waals surface area contributed by atoms with E-state index in [1.807, 2.05) is 18.2 Å². The topological polar surface area (TPSA) is 23.5 Å². The van der Waals surface area contributed by atoms with Gasteiger partial charge in [0.05, 0.1) is 6.61 Å². The molecule has 0 unspecified atom stereocenters. The Balaban J connectivity index is 2.31. The lowest BCUT2D eigenvalue weighted by Crippen LogP contribution is -2.23. The summed E-state index contributed by atoms with van der Waals surface area (Å²) >= 11 is 6.09. The van der Waals surface area contributed by atoms with Crippen LogP contribution in [-0.2, 0) is 6.61 Å². The summed E-state index contributed by atoms with van der Waals surface area (Å²) in [6.45, 7) is 6.62. The van der Waals surface area contributed by atoms with Crippen LogP contribution in [0.3, 0.4) is 0 Å². The Morgan fingerprint density at radius 3 is 2.75 bits per heavy atom. The van der Waals surface area contributed by atoms with Crippen molar-refractivity contribution in [1.82, 2.24) is 0 Å². The van der Waals surface area contributed by atoms with E-state index in [-0.39, 0.29) is 6.61 Å². The molecular weight excluding hydrogens is 222 g/mol. The van der Waals surface area contributed by atoms with E-state index >= 15 is 0 Å². The Labute approximate surface area is 102 Å². The normalized spacial score (nSPS) is 19.1. The highest BCUT2D eigenvalue weighted by Gasteiger charge is 2.30. The van der Waals surface area contributed by atoms with Crippen LogP contribution < -0.4 is 4.90 Å². The molecule has 2 nitrogen and oxygen atoms in total. The van der Waals surface area contributed by atoms with Crippen molar-refractivity contribution >= 4 is 17.3 Å². The maximum atomic E-state index is 9.38. The number of hydrogen-bond donors (Lipinski definition) is 1. The minimum Gasteiger partial charge on any atom is -0.392 e. The average Bonchev–Trinajstić information content (AvgIpc) is 2.58. The van der Waals surface area contributed by atoms with Crippen LogP contribution in [0.1, 0.15) is 25.8 Å². The molecular formula is C13H18ClNO. The van der Waals surface area contributed by atoms with E-state index in [2.05, 4.69) is 18.7 Å². The average molecular weight is 240 g/mol. The molecule has 0 atom stereocenters. The number of aliphatic hydroxyl groups is 1. The maximum absolute atomic E-state index is 9.38. The van der Waals surface area contributed by atoms with Gasteiger partial charge in [0, 0.05) is 29.4 Å². The fourth-order valence-corrected chi connectivity index (χ4v) is 2.55. The Kier molecular flexibility index (Phi) is 3.13. The SMILES string of the molecule is CC1(C)CCN(c2cccc(Cl)c2CO)C1. The molecule has 1 aliphatic rings. The third kappa shape index (κ3) is 2.18. The van der Waals surface area contributed by atoms with E-state index in [0.717, 1.165) is 24.3 Å². The van der Waals surface area contributed by atoms with Crippen molar-refractivity contribution < 1.29 is 5.11 Å². The van der Waals surface area contributed by atoms with Crippen LogP contribution in [0.25, 0.3) is 0 Å². The van der Waals surface area contributed by atoms with Gasteiger partial charge < -0.3 is 10.0 Å². The summed E-state index contributed by atoms with van der Waals surface area (Å²) in [4.78, 5) is 2.32. The molecule has 1 heterocycles. The number of aliphatic hydroxyl groups excluding tert-OH is 1. The van der Waals surface area contributed by atoms with Crippen molar-refractivity contribution in [2.24, 2.45) is 5.41 Å². The Morgan fingerprint density at radius 1 is 1.44 bits per heavy atom. The van der Waals surface area contributed by atoms with Crippen molar-refractivity contribution in [2.75, 3.05) is 18.0 Å². The quantitative estimate of drug-likeness (QED) is 0.858. The van der Waals surface area contributed by atoms with Gasteiger partial charge in [0.25, 0.3) is 0 Å². The van der Waals surface area contributed by atoms with Gasteiger partial charge in [-0.05, 0) is 24.0 Å². The minimum absolute atomic E-state index is 0.00589. The summed E-state index contributed by atoms with van der Waals surface area (Å²) in [6.07, 6.45) is 1.18.